The van der Waals surface area contributed by atoms with E-state index in [1.165, 1.54) is 13.8 Å². The Bertz CT molecular complexity index is 1530. The van der Waals surface area contributed by atoms with Gasteiger partial charge in [0.1, 0.15) is 23.3 Å². The van der Waals surface area contributed by atoms with Crippen molar-refractivity contribution in [3.05, 3.63) is 58.2 Å². The lowest BCUT2D eigenvalue weighted by molar-refractivity contribution is -0.362. The third-order valence-corrected chi connectivity index (χ3v) is 10.9. The molecular formula is C36H44F5NO6. The predicted octanol–water partition coefficient (Wildman–Crippen LogP) is 8.03. The van der Waals surface area contributed by atoms with Crippen molar-refractivity contribution in [2.45, 2.75) is 128 Å². The van der Waals surface area contributed by atoms with E-state index in [-0.39, 0.29) is 24.5 Å². The van der Waals surface area contributed by atoms with E-state index < -0.39 is 71.2 Å². The van der Waals surface area contributed by atoms with Crippen LogP contribution in [0.4, 0.5) is 26.7 Å². The number of rotatable bonds is 6. The minimum atomic E-state index is -5.92. The molecule has 0 spiro atoms. The molecule has 2 saturated carbocycles. The summed E-state index contributed by atoms with van der Waals surface area (Å²) in [6.45, 7) is 9.57. The van der Waals surface area contributed by atoms with E-state index in [9.17, 15) is 32.7 Å². The molecule has 2 fully saturated rings. The highest BCUT2D eigenvalue weighted by molar-refractivity contribution is 5.93. The lowest BCUT2D eigenvalue weighted by Gasteiger charge is -2.56. The number of benzene rings is 1. The molecule has 7 nitrogen and oxygen atoms in total. The highest BCUT2D eigenvalue weighted by atomic mass is 19.4. The second-order valence-electron chi connectivity index (χ2n) is 15.1. The fraction of sp³-hybridized carbons (Fsp3) is 0.639. The molecule has 5 rings (SSSR count). The number of fused-ring (bicyclic) bond motifs is 4. The van der Waals surface area contributed by atoms with Gasteiger partial charge >= 0.3 is 24.2 Å². The Morgan fingerprint density at radius 2 is 1.65 bits per heavy atom. The number of halogens is 5. The highest BCUT2D eigenvalue weighted by Crippen LogP contribution is 2.70. The average molecular weight is 682 g/mol. The van der Waals surface area contributed by atoms with Gasteiger partial charge < -0.3 is 19.9 Å². The van der Waals surface area contributed by atoms with Crippen LogP contribution in [0.1, 0.15) is 110 Å². The summed E-state index contributed by atoms with van der Waals surface area (Å²) in [5.41, 5.74) is -1.68. The monoisotopic (exact) mass is 681 g/mol. The van der Waals surface area contributed by atoms with Crippen LogP contribution in [0.15, 0.2) is 47.1 Å². The SMILES string of the molecule is C[C@@H](NC(=O)OC(C)(C)C)C(=O)O[C@H](C)c1ccc([C@H]2C[C@@]3(C)C(CC[C@@]3(O)C(F)(F)C(F)(F)F)C3CCC4=CC(=O)CCC4=C32)cc1. The Morgan fingerprint density at radius 1 is 1.00 bits per heavy atom. The number of hydrogen-bond donors (Lipinski definition) is 2. The van der Waals surface area contributed by atoms with Gasteiger partial charge in [0.15, 0.2) is 5.78 Å². The van der Waals surface area contributed by atoms with Gasteiger partial charge in [-0.05, 0) is 113 Å². The van der Waals surface area contributed by atoms with Crippen LogP contribution < -0.4 is 5.32 Å². The van der Waals surface area contributed by atoms with Gasteiger partial charge in [-0.3, -0.25) is 4.79 Å². The van der Waals surface area contributed by atoms with Crippen molar-refractivity contribution in [3.63, 3.8) is 0 Å². The van der Waals surface area contributed by atoms with Crippen LogP contribution in [0.3, 0.4) is 0 Å². The Balaban J connectivity index is 1.45. The van der Waals surface area contributed by atoms with Crippen molar-refractivity contribution < 1.29 is 50.9 Å². The number of aliphatic hydroxyl groups is 1. The zero-order valence-corrected chi connectivity index (χ0v) is 28.1. The smallest absolute Gasteiger partial charge is 0.456 e. The first-order valence-electron chi connectivity index (χ1n) is 16.5. The molecule has 12 heteroatoms. The number of ether oxygens (including phenoxy) is 2. The molecule has 4 aliphatic rings. The summed E-state index contributed by atoms with van der Waals surface area (Å²) in [6, 6.07) is 5.93. The van der Waals surface area contributed by atoms with Gasteiger partial charge in [0.05, 0.1) is 0 Å². The van der Waals surface area contributed by atoms with Crippen LogP contribution in [0.5, 0.6) is 0 Å². The summed E-state index contributed by atoms with van der Waals surface area (Å²) in [4.78, 5) is 37.1. The summed E-state index contributed by atoms with van der Waals surface area (Å²) >= 11 is 0. The molecule has 0 aliphatic heterocycles. The average Bonchev–Trinajstić information content (AvgIpc) is 3.26. The maximum atomic E-state index is 15.2. The van der Waals surface area contributed by atoms with E-state index in [4.69, 9.17) is 9.47 Å². The third kappa shape index (κ3) is 6.18. The number of allylic oxidation sites excluding steroid dienone is 4. The lowest BCUT2D eigenvalue weighted by Crippen LogP contribution is -2.65. The van der Waals surface area contributed by atoms with E-state index in [1.54, 1.807) is 58.0 Å². The number of alkyl carbamates (subject to hydrolysis) is 1. The molecule has 0 heterocycles. The van der Waals surface area contributed by atoms with E-state index in [2.05, 4.69) is 5.32 Å². The van der Waals surface area contributed by atoms with Gasteiger partial charge in [0.25, 0.3) is 0 Å². The number of esters is 1. The minimum absolute atomic E-state index is 0.00793. The van der Waals surface area contributed by atoms with Crippen molar-refractivity contribution in [3.8, 4) is 0 Å². The molecular weight excluding hydrogens is 637 g/mol. The maximum Gasteiger partial charge on any atom is 0.456 e. The molecule has 1 aromatic rings. The zero-order chi connectivity index (χ0) is 35.6. The number of carbonyl (C=O) groups excluding carboxylic acids is 3. The Kier molecular flexibility index (Phi) is 9.19. The minimum Gasteiger partial charge on any atom is -0.456 e. The zero-order valence-electron chi connectivity index (χ0n) is 28.1. The molecule has 1 aromatic carbocycles. The van der Waals surface area contributed by atoms with E-state index >= 15 is 8.78 Å². The first-order valence-corrected chi connectivity index (χ1v) is 16.5. The van der Waals surface area contributed by atoms with Crippen LogP contribution in [0.2, 0.25) is 0 Å². The van der Waals surface area contributed by atoms with E-state index in [0.29, 0.717) is 36.8 Å². The fourth-order valence-electron chi connectivity index (χ4n) is 8.60. The largest absolute Gasteiger partial charge is 0.456 e. The van der Waals surface area contributed by atoms with Gasteiger partial charge in [-0.2, -0.15) is 22.0 Å². The molecule has 0 aromatic heterocycles. The van der Waals surface area contributed by atoms with Gasteiger partial charge in [-0.15, -0.1) is 0 Å². The number of amides is 1. The second-order valence-corrected chi connectivity index (χ2v) is 15.1. The molecule has 1 amide bonds. The summed E-state index contributed by atoms with van der Waals surface area (Å²) in [5, 5.41) is 13.9. The number of carbonyl (C=O) groups is 3. The molecule has 4 aliphatic carbocycles. The van der Waals surface area contributed by atoms with Gasteiger partial charge in [0, 0.05) is 17.8 Å². The Hall–Kier alpha value is -3.28. The first-order chi connectivity index (χ1) is 22.1. The lowest BCUT2D eigenvalue weighted by atomic mass is 9.50. The maximum absolute atomic E-state index is 15.2. The number of nitrogens with one attached hydrogen (secondary N) is 1. The number of alkyl halides is 5. The normalized spacial score (nSPS) is 30.4. The second kappa shape index (κ2) is 12.2. The van der Waals surface area contributed by atoms with Crippen molar-refractivity contribution in [1.29, 1.82) is 0 Å². The molecule has 264 valence electrons. The Morgan fingerprint density at radius 3 is 2.25 bits per heavy atom. The van der Waals surface area contributed by atoms with Gasteiger partial charge in [-0.25, -0.2) is 9.59 Å². The van der Waals surface area contributed by atoms with E-state index in [1.807, 2.05) is 0 Å². The van der Waals surface area contributed by atoms with Crippen molar-refractivity contribution in [2.75, 3.05) is 0 Å². The summed E-state index contributed by atoms with van der Waals surface area (Å²) in [5.74, 6) is -7.50. The Labute approximate surface area is 277 Å². The van der Waals surface area contributed by atoms with Crippen LogP contribution in [0, 0.1) is 17.3 Å². The summed E-state index contributed by atoms with van der Waals surface area (Å²) in [7, 11) is 0. The van der Waals surface area contributed by atoms with Crippen LogP contribution in [0.25, 0.3) is 0 Å². The molecule has 0 saturated heterocycles. The third-order valence-electron chi connectivity index (χ3n) is 10.9. The summed E-state index contributed by atoms with van der Waals surface area (Å²) < 4.78 is 82.7. The molecule has 2 N–H and O–H groups in total. The molecule has 0 radical (unpaired) electrons. The van der Waals surface area contributed by atoms with E-state index in [0.717, 1.165) is 16.7 Å². The topological polar surface area (TPSA) is 102 Å². The standard InChI is InChI=1S/C36H44F5NO6/c1-19(42-31(45)48-32(3,4)5)30(44)47-20(2)21-7-9-22(10-8-21)27-18-33(6)28(15-16-34(33,46)35(37,38)36(39,40)41)26-13-11-23-17-24(43)12-14-25(23)29(26)27/h7-10,17,19-20,26-28,46H,11-16,18H2,1-6H3,(H,42,45)/t19-,20-,26?,27-,28?,33+,34+/m1/s1. The number of hydrogen-bond acceptors (Lipinski definition) is 6. The van der Waals surface area contributed by atoms with Crippen LogP contribution in [-0.2, 0) is 19.1 Å². The van der Waals surface area contributed by atoms with Crippen molar-refractivity contribution in [1.82, 2.24) is 5.32 Å². The predicted molar refractivity (Wildman–Crippen MR) is 166 cm³/mol. The van der Waals surface area contributed by atoms with Gasteiger partial charge in [-0.1, -0.05) is 36.8 Å². The molecule has 0 bridgehead atoms. The fourth-order valence-corrected chi connectivity index (χ4v) is 8.60. The quantitative estimate of drug-likeness (QED) is 0.233. The van der Waals surface area contributed by atoms with Crippen LogP contribution in [-0.4, -0.2) is 52.3 Å². The highest BCUT2D eigenvalue weighted by Gasteiger charge is 2.79. The molecule has 2 unspecified atom stereocenters. The van der Waals surface area contributed by atoms with Crippen LogP contribution >= 0.6 is 0 Å². The summed E-state index contributed by atoms with van der Waals surface area (Å²) in [6.07, 6.45) is -4.79. The van der Waals surface area contributed by atoms with Gasteiger partial charge in [0.2, 0.25) is 0 Å². The molecule has 48 heavy (non-hydrogen) atoms. The molecule has 7 atom stereocenters. The van der Waals surface area contributed by atoms with Crippen molar-refractivity contribution in [2.24, 2.45) is 17.3 Å². The van der Waals surface area contributed by atoms with Crippen molar-refractivity contribution >= 4 is 17.8 Å². The number of ketones is 1. The first kappa shape index (κ1) is 36.0.